The summed E-state index contributed by atoms with van der Waals surface area (Å²) in [5.41, 5.74) is 1.17. The summed E-state index contributed by atoms with van der Waals surface area (Å²) in [6.45, 7) is 0.313. The van der Waals surface area contributed by atoms with E-state index in [1.807, 2.05) is 24.3 Å². The number of benzene rings is 2. The quantitative estimate of drug-likeness (QED) is 0.609. The van der Waals surface area contributed by atoms with Gasteiger partial charge in [0.25, 0.3) is 0 Å². The first-order valence-corrected chi connectivity index (χ1v) is 10.0. The third kappa shape index (κ3) is 4.53. The average molecular weight is 379 g/mol. The Morgan fingerprint density at radius 1 is 1.12 bits per heavy atom. The Hall–Kier alpha value is -2.03. The van der Waals surface area contributed by atoms with Crippen LogP contribution >= 0.6 is 11.8 Å². The zero-order chi connectivity index (χ0) is 17.9. The van der Waals surface area contributed by atoms with Gasteiger partial charge in [0.15, 0.2) is 0 Å². The molecule has 2 aromatic carbocycles. The summed E-state index contributed by atoms with van der Waals surface area (Å²) < 4.78 is 33.0. The van der Waals surface area contributed by atoms with Crippen molar-refractivity contribution in [2.24, 2.45) is 5.14 Å². The molecule has 0 fully saturated rings. The van der Waals surface area contributed by atoms with Crippen LogP contribution in [0.5, 0.6) is 5.75 Å². The molecule has 0 saturated carbocycles. The van der Waals surface area contributed by atoms with Gasteiger partial charge in [0.1, 0.15) is 24.2 Å². The number of sulfonamides is 1. The molecular weight excluding hydrogens is 362 g/mol. The molecule has 3 rings (SSSR count). The summed E-state index contributed by atoms with van der Waals surface area (Å²) in [5, 5.41) is 4.81. The molecule has 1 aliphatic rings. The number of primary sulfonamides is 1. The molecule has 0 spiro atoms. The first-order valence-electron chi connectivity index (χ1n) is 7.60. The molecule has 25 heavy (non-hydrogen) atoms. The highest BCUT2D eigenvalue weighted by Gasteiger charge is 2.29. The van der Waals surface area contributed by atoms with Gasteiger partial charge in [-0.25, -0.2) is 13.6 Å². The fourth-order valence-electron chi connectivity index (χ4n) is 2.43. The number of fused-ring (bicyclic) bond motifs is 1. The zero-order valence-corrected chi connectivity index (χ0v) is 14.9. The number of nitrogens with two attached hydrogens (primary N) is 1. The van der Waals surface area contributed by atoms with Gasteiger partial charge in [-0.15, -0.1) is 11.8 Å². The molecule has 6 nitrogen and oxygen atoms in total. The first-order chi connectivity index (χ1) is 11.9. The number of hydrogen-bond donors (Lipinski definition) is 1. The van der Waals surface area contributed by atoms with Gasteiger partial charge in [0.2, 0.25) is 10.0 Å². The second-order valence-corrected chi connectivity index (χ2v) is 8.26. The normalized spacial score (nSPS) is 16.3. The maximum absolute atomic E-state index is 12.1. The van der Waals surface area contributed by atoms with E-state index in [1.54, 1.807) is 0 Å². The second kappa shape index (κ2) is 7.47. The van der Waals surface area contributed by atoms with Gasteiger partial charge in [-0.3, -0.25) is 4.79 Å². The molecule has 2 aromatic rings. The van der Waals surface area contributed by atoms with Crippen LogP contribution < -0.4 is 9.88 Å². The third-order valence-electron chi connectivity index (χ3n) is 3.66. The van der Waals surface area contributed by atoms with E-state index in [9.17, 15) is 13.2 Å². The molecule has 1 heterocycles. The van der Waals surface area contributed by atoms with E-state index in [4.69, 9.17) is 14.6 Å². The minimum Gasteiger partial charge on any atom is -0.490 e. The molecule has 0 aliphatic carbocycles. The van der Waals surface area contributed by atoms with Crippen molar-refractivity contribution in [3.05, 3.63) is 54.1 Å². The molecule has 0 unspecified atom stereocenters. The Bertz CT molecular complexity index is 840. The van der Waals surface area contributed by atoms with Crippen LogP contribution in [0.15, 0.2) is 58.3 Å². The van der Waals surface area contributed by atoms with Gasteiger partial charge >= 0.3 is 5.97 Å². The van der Waals surface area contributed by atoms with Crippen LogP contribution in [0.2, 0.25) is 0 Å². The average Bonchev–Trinajstić information content (AvgIpc) is 3.02. The van der Waals surface area contributed by atoms with E-state index in [2.05, 4.69) is 0 Å². The second-order valence-electron chi connectivity index (χ2n) is 5.45. The van der Waals surface area contributed by atoms with Crippen molar-refractivity contribution in [2.75, 3.05) is 13.2 Å². The Morgan fingerprint density at radius 3 is 2.52 bits per heavy atom. The van der Waals surface area contributed by atoms with Crippen molar-refractivity contribution in [2.45, 2.75) is 21.5 Å². The summed E-state index contributed by atoms with van der Waals surface area (Å²) in [6, 6.07) is 13.7. The highest BCUT2D eigenvalue weighted by molar-refractivity contribution is 8.01. The monoisotopic (exact) mass is 379 g/mol. The zero-order valence-electron chi connectivity index (χ0n) is 13.3. The SMILES string of the molecule is NS(=O)(=O)c1ccc(OCCOC(=O)[C@@H]2Cc3ccccc3S2)cc1. The highest BCUT2D eigenvalue weighted by Crippen LogP contribution is 2.37. The Labute approximate surface area is 150 Å². The maximum Gasteiger partial charge on any atom is 0.319 e. The summed E-state index contributed by atoms with van der Waals surface area (Å²) in [7, 11) is -3.72. The molecule has 2 N–H and O–H groups in total. The van der Waals surface area contributed by atoms with Gasteiger partial charge in [-0.1, -0.05) is 18.2 Å². The van der Waals surface area contributed by atoms with Crippen molar-refractivity contribution < 1.29 is 22.7 Å². The Balaban J connectivity index is 1.42. The van der Waals surface area contributed by atoms with Gasteiger partial charge in [0, 0.05) is 4.90 Å². The fraction of sp³-hybridized carbons (Fsp3) is 0.235. The molecule has 1 atom stereocenters. The number of esters is 1. The van der Waals surface area contributed by atoms with Crippen molar-refractivity contribution in [3.8, 4) is 5.75 Å². The molecule has 1 aliphatic heterocycles. The predicted molar refractivity (Wildman–Crippen MR) is 94.1 cm³/mol. The maximum atomic E-state index is 12.1. The van der Waals surface area contributed by atoms with Gasteiger partial charge < -0.3 is 9.47 Å². The largest absolute Gasteiger partial charge is 0.490 e. The lowest BCUT2D eigenvalue weighted by Crippen LogP contribution is -2.22. The molecular formula is C17H17NO5S2. The minimum atomic E-state index is -3.72. The number of carbonyl (C=O) groups excluding carboxylic acids is 1. The number of carbonyl (C=O) groups is 1. The molecule has 0 saturated heterocycles. The van der Waals surface area contributed by atoms with Crippen LogP contribution in [0.4, 0.5) is 0 Å². The molecule has 0 aromatic heterocycles. The topological polar surface area (TPSA) is 95.7 Å². The predicted octanol–water partition coefficient (Wildman–Crippen LogP) is 1.97. The van der Waals surface area contributed by atoms with E-state index >= 15 is 0 Å². The first kappa shape index (κ1) is 17.8. The van der Waals surface area contributed by atoms with Gasteiger partial charge in [-0.05, 0) is 42.3 Å². The lowest BCUT2D eigenvalue weighted by Gasteiger charge is -2.10. The lowest BCUT2D eigenvalue weighted by atomic mass is 10.1. The van der Waals surface area contributed by atoms with Crippen molar-refractivity contribution >= 4 is 27.8 Å². The third-order valence-corrected chi connectivity index (χ3v) is 5.88. The van der Waals surface area contributed by atoms with Crippen molar-refractivity contribution in [1.29, 1.82) is 0 Å². The molecule has 8 heteroatoms. The Kier molecular flexibility index (Phi) is 5.31. The van der Waals surface area contributed by atoms with E-state index < -0.39 is 10.0 Å². The molecule has 0 radical (unpaired) electrons. The van der Waals surface area contributed by atoms with Crippen LogP contribution in [0.3, 0.4) is 0 Å². The van der Waals surface area contributed by atoms with Crippen molar-refractivity contribution in [1.82, 2.24) is 0 Å². The minimum absolute atomic E-state index is 0.0177. The van der Waals surface area contributed by atoms with Crippen LogP contribution in [-0.2, 0) is 26.0 Å². The smallest absolute Gasteiger partial charge is 0.319 e. The highest BCUT2D eigenvalue weighted by atomic mass is 32.2. The number of hydrogen-bond acceptors (Lipinski definition) is 6. The number of ether oxygens (including phenoxy) is 2. The Morgan fingerprint density at radius 2 is 1.84 bits per heavy atom. The van der Waals surface area contributed by atoms with Gasteiger partial charge in [0.05, 0.1) is 4.90 Å². The molecule has 0 bridgehead atoms. The van der Waals surface area contributed by atoms with E-state index in [1.165, 1.54) is 41.6 Å². The van der Waals surface area contributed by atoms with Gasteiger partial charge in [-0.2, -0.15) is 0 Å². The summed E-state index contributed by atoms with van der Waals surface area (Å²) in [4.78, 5) is 13.2. The van der Waals surface area contributed by atoms with Crippen molar-refractivity contribution in [3.63, 3.8) is 0 Å². The standard InChI is InChI=1S/C17H17NO5S2/c18-25(20,21)14-7-5-13(6-8-14)22-9-10-23-17(19)16-11-12-3-1-2-4-15(12)24-16/h1-8,16H,9-11H2,(H2,18,20,21)/t16-/m0/s1. The van der Waals surface area contributed by atoms with Crippen LogP contribution in [0.1, 0.15) is 5.56 Å². The van der Waals surface area contributed by atoms with E-state index in [-0.39, 0.29) is 29.3 Å². The number of thioether (sulfide) groups is 1. The summed E-state index contributed by atoms with van der Waals surface area (Å²) >= 11 is 1.52. The summed E-state index contributed by atoms with van der Waals surface area (Å²) in [6.07, 6.45) is 0.676. The summed E-state index contributed by atoms with van der Waals surface area (Å²) in [5.74, 6) is 0.223. The van der Waals surface area contributed by atoms with Crippen LogP contribution in [0.25, 0.3) is 0 Å². The van der Waals surface area contributed by atoms with E-state index in [0.29, 0.717) is 12.2 Å². The lowest BCUT2D eigenvalue weighted by molar-refractivity contribution is -0.143. The molecule has 132 valence electrons. The van der Waals surface area contributed by atoms with E-state index in [0.717, 1.165) is 4.90 Å². The van der Waals surface area contributed by atoms with Crippen LogP contribution in [0, 0.1) is 0 Å². The molecule has 0 amide bonds. The fourth-order valence-corrected chi connectivity index (χ4v) is 4.14. The van der Waals surface area contributed by atoms with Crippen LogP contribution in [-0.4, -0.2) is 32.9 Å². The number of rotatable bonds is 6.